The Balaban J connectivity index is 2.51. The first-order valence-corrected chi connectivity index (χ1v) is 13.6. The van der Waals surface area contributed by atoms with Gasteiger partial charge < -0.3 is 14.8 Å². The van der Waals surface area contributed by atoms with Gasteiger partial charge in [0.1, 0.15) is 40.0 Å². The minimum atomic E-state index is -3.11. The molecule has 2 atom stereocenters. The Hall–Kier alpha value is -3.95. The van der Waals surface area contributed by atoms with Crippen LogP contribution in [0.2, 0.25) is 0 Å². The van der Waals surface area contributed by atoms with Gasteiger partial charge >= 0.3 is 12.7 Å². The van der Waals surface area contributed by atoms with Crippen LogP contribution in [0.3, 0.4) is 0 Å². The zero-order valence-corrected chi connectivity index (χ0v) is 25.1. The molecule has 0 saturated carbocycles. The Morgan fingerprint density at radius 1 is 1.10 bits per heavy atom. The van der Waals surface area contributed by atoms with Gasteiger partial charge in [-0.25, -0.2) is 24.1 Å². The first-order chi connectivity index (χ1) is 19.6. The second-order valence-electron chi connectivity index (χ2n) is 10.6. The number of carbonyl (C=O) groups is 2. The van der Waals surface area contributed by atoms with Gasteiger partial charge in [-0.2, -0.15) is 17.4 Å². The third-order valence-corrected chi connectivity index (χ3v) is 6.12. The highest BCUT2D eigenvalue weighted by atomic mass is 32.1. The van der Waals surface area contributed by atoms with Crippen LogP contribution >= 0.6 is 0 Å². The number of halogens is 3. The van der Waals surface area contributed by atoms with E-state index < -0.39 is 47.4 Å². The number of ether oxygens (including phenoxy) is 2. The van der Waals surface area contributed by atoms with Crippen molar-refractivity contribution < 1.29 is 36.4 Å². The Morgan fingerprint density at radius 2 is 1.79 bits per heavy atom. The molecule has 42 heavy (non-hydrogen) atoms. The van der Waals surface area contributed by atoms with Gasteiger partial charge in [0, 0.05) is 5.92 Å². The number of hydrogen-bond acceptors (Lipinski definition) is 10. The maximum Gasteiger partial charge on any atom is 0.413 e. The standard InChI is InChI=1S/C26H34F3N7O5S/c1-14(2)21(35-24(38)41-25(4,5)6)36-26(7,15(3)10-11-32-42-39)20-16(27)8-9-18(33-20)34-22(37)17-12-31-19(13-30-17)40-23(28)29/h8-9,12-15,23H,10-11H2,1-7H3,(H,33,34,37)(H,35,36,38)/t15-,26+/m1/s1. The van der Waals surface area contributed by atoms with E-state index in [9.17, 15) is 22.6 Å². The van der Waals surface area contributed by atoms with Crippen molar-refractivity contribution in [1.82, 2.24) is 20.3 Å². The minimum Gasteiger partial charge on any atom is -0.444 e. The summed E-state index contributed by atoms with van der Waals surface area (Å²) in [5, 5.41) is 5.12. The summed E-state index contributed by atoms with van der Waals surface area (Å²) >= 11 is 0.0689. The van der Waals surface area contributed by atoms with Crippen molar-refractivity contribution in [1.29, 1.82) is 0 Å². The fraction of sp³-hybridized carbons (Fsp3) is 0.538. The Kier molecular flexibility index (Phi) is 12.1. The fourth-order valence-electron chi connectivity index (χ4n) is 3.55. The second kappa shape index (κ2) is 14.8. The molecule has 2 aromatic heterocycles. The predicted molar refractivity (Wildman–Crippen MR) is 149 cm³/mol. The van der Waals surface area contributed by atoms with Crippen molar-refractivity contribution in [3.8, 4) is 5.88 Å². The third kappa shape index (κ3) is 10.2. The van der Waals surface area contributed by atoms with Gasteiger partial charge in [0.2, 0.25) is 5.88 Å². The topological polar surface area (TPSA) is 157 Å². The Morgan fingerprint density at radius 3 is 2.33 bits per heavy atom. The summed E-state index contributed by atoms with van der Waals surface area (Å²) in [7, 11) is 0. The van der Waals surface area contributed by atoms with Crippen molar-refractivity contribution in [2.45, 2.75) is 72.6 Å². The second-order valence-corrected chi connectivity index (χ2v) is 11.0. The van der Waals surface area contributed by atoms with Crippen LogP contribution in [-0.4, -0.2) is 55.8 Å². The van der Waals surface area contributed by atoms with Crippen LogP contribution in [0.25, 0.3) is 0 Å². The van der Waals surface area contributed by atoms with Gasteiger partial charge in [-0.05, 0) is 52.2 Å². The highest BCUT2D eigenvalue weighted by Gasteiger charge is 2.38. The molecular formula is C26H34F3N7O5S. The first kappa shape index (κ1) is 34.3. The average molecular weight is 614 g/mol. The molecule has 12 nitrogen and oxygen atoms in total. The van der Waals surface area contributed by atoms with Gasteiger partial charge in [-0.15, -0.1) is 0 Å². The minimum absolute atomic E-state index is 0.0641. The molecule has 2 N–H and O–H groups in total. The van der Waals surface area contributed by atoms with E-state index in [1.807, 2.05) is 0 Å². The molecule has 0 spiro atoms. The summed E-state index contributed by atoms with van der Waals surface area (Å²) < 4.78 is 64.2. The van der Waals surface area contributed by atoms with Crippen LogP contribution in [0.15, 0.2) is 33.9 Å². The molecule has 0 unspecified atom stereocenters. The number of rotatable bonds is 11. The molecule has 0 aliphatic heterocycles. The molecule has 2 heterocycles. The zero-order chi connectivity index (χ0) is 31.7. The van der Waals surface area contributed by atoms with Crippen LogP contribution in [0.4, 0.5) is 23.8 Å². The average Bonchev–Trinajstić information content (AvgIpc) is 2.88. The summed E-state index contributed by atoms with van der Waals surface area (Å²) in [6.45, 7) is 9.11. The number of hydrogen-bond donors (Lipinski definition) is 2. The van der Waals surface area contributed by atoms with Crippen molar-refractivity contribution in [2.75, 3.05) is 11.9 Å². The molecular weight excluding hydrogens is 579 g/mol. The van der Waals surface area contributed by atoms with E-state index in [0.717, 1.165) is 18.5 Å². The van der Waals surface area contributed by atoms with Crippen LogP contribution in [-0.2, 0) is 21.7 Å². The predicted octanol–water partition coefficient (Wildman–Crippen LogP) is 5.08. The van der Waals surface area contributed by atoms with Crippen LogP contribution in [0.1, 0.15) is 71.1 Å². The van der Waals surface area contributed by atoms with Crippen LogP contribution < -0.4 is 15.4 Å². The molecule has 0 saturated heterocycles. The van der Waals surface area contributed by atoms with Gasteiger partial charge in [0.25, 0.3) is 5.91 Å². The number of amidine groups is 1. The molecule has 2 aromatic rings. The van der Waals surface area contributed by atoms with Crippen molar-refractivity contribution in [3.63, 3.8) is 0 Å². The Bertz CT molecular complexity index is 1330. The molecule has 0 aromatic carbocycles. The summed E-state index contributed by atoms with van der Waals surface area (Å²) in [5.74, 6) is -2.67. The lowest BCUT2D eigenvalue weighted by molar-refractivity contribution is -0.0531. The zero-order valence-electron chi connectivity index (χ0n) is 24.3. The maximum atomic E-state index is 15.4. The number of carbonyl (C=O) groups excluding carboxylic acids is 2. The smallest absolute Gasteiger partial charge is 0.413 e. The lowest BCUT2D eigenvalue weighted by Gasteiger charge is -2.33. The highest BCUT2D eigenvalue weighted by molar-refractivity contribution is 7.54. The first-order valence-electron chi connectivity index (χ1n) is 12.9. The molecule has 0 fully saturated rings. The largest absolute Gasteiger partial charge is 0.444 e. The van der Waals surface area contributed by atoms with Crippen molar-refractivity contribution >= 4 is 35.1 Å². The molecule has 0 radical (unpaired) electrons. The summed E-state index contributed by atoms with van der Waals surface area (Å²) in [6.07, 6.45) is 1.35. The van der Waals surface area contributed by atoms with E-state index in [-0.39, 0.29) is 47.0 Å². The monoisotopic (exact) mass is 613 g/mol. The number of nitrogens with one attached hydrogen (secondary N) is 2. The third-order valence-electron chi connectivity index (χ3n) is 5.83. The number of pyridine rings is 1. The maximum absolute atomic E-state index is 15.4. The number of alkyl carbamates (subject to hydrolysis) is 1. The molecule has 0 aliphatic carbocycles. The molecule has 2 amide bonds. The van der Waals surface area contributed by atoms with E-state index in [4.69, 9.17) is 9.73 Å². The van der Waals surface area contributed by atoms with Crippen molar-refractivity contribution in [2.24, 2.45) is 21.2 Å². The van der Waals surface area contributed by atoms with E-state index in [1.54, 1.807) is 48.5 Å². The van der Waals surface area contributed by atoms with Gasteiger partial charge in [0.15, 0.2) is 11.5 Å². The quantitative estimate of drug-likeness (QED) is 0.262. The number of aliphatic imine (C=N–C) groups is 1. The van der Waals surface area contributed by atoms with Gasteiger partial charge in [-0.1, -0.05) is 20.8 Å². The normalized spacial score (nSPS) is 14.1. The van der Waals surface area contributed by atoms with E-state index in [2.05, 4.69) is 34.7 Å². The Labute approximate surface area is 245 Å². The van der Waals surface area contributed by atoms with E-state index >= 15 is 4.39 Å². The lowest BCUT2D eigenvalue weighted by atomic mass is 9.81. The summed E-state index contributed by atoms with van der Waals surface area (Å²) in [6, 6.07) is 2.32. The number of alkyl halides is 2. The van der Waals surface area contributed by atoms with Crippen molar-refractivity contribution in [3.05, 3.63) is 41.7 Å². The van der Waals surface area contributed by atoms with Crippen LogP contribution in [0, 0.1) is 17.7 Å². The molecule has 0 aliphatic rings. The molecule has 0 bridgehead atoms. The molecule has 16 heteroatoms. The summed E-state index contributed by atoms with van der Waals surface area (Å²) in [4.78, 5) is 41.8. The van der Waals surface area contributed by atoms with Crippen LogP contribution in [0.5, 0.6) is 5.88 Å². The van der Waals surface area contributed by atoms with E-state index in [1.165, 1.54) is 6.07 Å². The fourth-order valence-corrected chi connectivity index (χ4v) is 3.73. The van der Waals surface area contributed by atoms with E-state index in [0.29, 0.717) is 6.42 Å². The molecule has 2 rings (SSSR count). The number of nitrogens with zero attached hydrogens (tertiary/aromatic N) is 5. The number of anilines is 1. The number of amides is 2. The lowest BCUT2D eigenvalue weighted by Crippen LogP contribution is -2.42. The summed E-state index contributed by atoms with van der Waals surface area (Å²) in [5.41, 5.74) is -2.59. The molecule has 230 valence electrons. The highest BCUT2D eigenvalue weighted by Crippen LogP contribution is 2.37. The van der Waals surface area contributed by atoms with Gasteiger partial charge in [-0.3, -0.25) is 15.1 Å². The SMILES string of the molecule is CC(C)/C(=N\[C@](C)(c1nc(NC(=O)c2cnc(OC(F)F)cn2)ccc1F)[C@H](C)CCN=S=O)NC(=O)OC(C)(C)C. The van der Waals surface area contributed by atoms with Gasteiger partial charge in [0.05, 0.1) is 18.9 Å². The number of aromatic nitrogens is 3.